The summed E-state index contributed by atoms with van der Waals surface area (Å²) in [5.41, 5.74) is 0.246. The molecule has 0 aliphatic rings. The van der Waals surface area contributed by atoms with Crippen molar-refractivity contribution in [2.24, 2.45) is 0 Å². The van der Waals surface area contributed by atoms with Crippen LogP contribution in [0.15, 0.2) is 22.7 Å². The van der Waals surface area contributed by atoms with Crippen molar-refractivity contribution >= 4 is 17.6 Å². The van der Waals surface area contributed by atoms with Crippen molar-refractivity contribution in [3.05, 3.63) is 34.9 Å². The normalized spacial score (nSPS) is 10.4. The molecule has 7 heteroatoms. The molecule has 0 saturated carbocycles. The number of benzene rings is 1. The highest BCUT2D eigenvalue weighted by Crippen LogP contribution is 2.26. The quantitative estimate of drug-likeness (QED) is 0.802. The number of hydrogen-bond donors (Lipinski definition) is 0. The zero-order chi connectivity index (χ0) is 13.1. The lowest BCUT2D eigenvalue weighted by molar-refractivity contribution is 0.0470. The van der Waals surface area contributed by atoms with Crippen molar-refractivity contribution in [2.75, 3.05) is 6.61 Å². The Bertz CT molecular complexity index is 585. The van der Waals surface area contributed by atoms with Gasteiger partial charge in [0.15, 0.2) is 0 Å². The van der Waals surface area contributed by atoms with Crippen LogP contribution in [-0.2, 0) is 4.74 Å². The van der Waals surface area contributed by atoms with E-state index in [1.54, 1.807) is 6.92 Å². The predicted octanol–water partition coefficient (Wildman–Crippen LogP) is 2.71. The van der Waals surface area contributed by atoms with Crippen LogP contribution in [0.5, 0.6) is 0 Å². The molecule has 0 bridgehead atoms. The van der Waals surface area contributed by atoms with Crippen molar-refractivity contribution in [1.29, 1.82) is 0 Å². The van der Waals surface area contributed by atoms with Crippen molar-refractivity contribution in [3.63, 3.8) is 0 Å². The van der Waals surface area contributed by atoms with Gasteiger partial charge in [0.1, 0.15) is 5.82 Å². The van der Waals surface area contributed by atoms with Gasteiger partial charge in [-0.2, -0.15) is 4.98 Å². The monoisotopic (exact) mass is 270 g/mol. The third-order valence-corrected chi connectivity index (χ3v) is 2.37. The number of carbonyl (C=O) groups excluding carboxylic acids is 1. The smallest absolute Gasteiger partial charge is 0.397 e. The standard InChI is InChI=1S/C11H8ClFN2O3/c1-2-17-11(16)10-14-9(15-18-10)7-5-6(13)3-4-8(7)12/h3-5H,2H2,1H3. The number of aromatic nitrogens is 2. The first-order chi connectivity index (χ1) is 8.61. The van der Waals surface area contributed by atoms with E-state index >= 15 is 0 Å². The average Bonchev–Trinajstić information content (AvgIpc) is 2.82. The van der Waals surface area contributed by atoms with Gasteiger partial charge in [0.05, 0.1) is 11.6 Å². The molecule has 0 spiro atoms. The van der Waals surface area contributed by atoms with E-state index in [9.17, 15) is 9.18 Å². The van der Waals surface area contributed by atoms with Crippen LogP contribution >= 0.6 is 11.6 Å². The van der Waals surface area contributed by atoms with Gasteiger partial charge >= 0.3 is 11.9 Å². The Balaban J connectivity index is 2.35. The van der Waals surface area contributed by atoms with Gasteiger partial charge in [-0.1, -0.05) is 16.8 Å². The molecule has 2 rings (SSSR count). The number of ether oxygens (including phenoxy) is 1. The number of halogens is 2. The fourth-order valence-electron chi connectivity index (χ4n) is 1.28. The molecule has 1 aromatic carbocycles. The summed E-state index contributed by atoms with van der Waals surface area (Å²) in [5, 5.41) is 3.81. The molecule has 2 aromatic rings. The van der Waals surface area contributed by atoms with E-state index in [-0.39, 0.29) is 28.9 Å². The van der Waals surface area contributed by atoms with E-state index in [0.29, 0.717) is 0 Å². The molecule has 0 fully saturated rings. The Morgan fingerprint density at radius 1 is 1.56 bits per heavy atom. The summed E-state index contributed by atoms with van der Waals surface area (Å²) >= 11 is 5.88. The lowest BCUT2D eigenvalue weighted by Gasteiger charge is -1.97. The number of carbonyl (C=O) groups is 1. The molecule has 1 heterocycles. The Kier molecular flexibility index (Phi) is 3.57. The fraction of sp³-hybridized carbons (Fsp3) is 0.182. The maximum absolute atomic E-state index is 13.1. The van der Waals surface area contributed by atoms with Gasteiger partial charge in [0, 0.05) is 5.56 Å². The largest absolute Gasteiger partial charge is 0.459 e. The molecule has 5 nitrogen and oxygen atoms in total. The molecular formula is C11H8ClFN2O3. The van der Waals surface area contributed by atoms with Gasteiger partial charge in [-0.05, 0) is 25.1 Å². The van der Waals surface area contributed by atoms with Gasteiger partial charge in [-0.25, -0.2) is 9.18 Å². The third kappa shape index (κ3) is 2.48. The maximum Gasteiger partial charge on any atom is 0.397 e. The highest BCUT2D eigenvalue weighted by atomic mass is 35.5. The summed E-state index contributed by atoms with van der Waals surface area (Å²) in [6, 6.07) is 3.73. The van der Waals surface area contributed by atoms with E-state index in [1.807, 2.05) is 0 Å². The van der Waals surface area contributed by atoms with Crippen LogP contribution in [0.2, 0.25) is 5.02 Å². The summed E-state index contributed by atoms with van der Waals surface area (Å²) in [6.07, 6.45) is 0. The van der Waals surface area contributed by atoms with E-state index in [2.05, 4.69) is 14.9 Å². The van der Waals surface area contributed by atoms with Crippen molar-refractivity contribution in [3.8, 4) is 11.4 Å². The van der Waals surface area contributed by atoms with E-state index < -0.39 is 11.8 Å². The first-order valence-corrected chi connectivity index (χ1v) is 5.46. The summed E-state index contributed by atoms with van der Waals surface area (Å²) < 4.78 is 22.5. The number of rotatable bonds is 3. The lowest BCUT2D eigenvalue weighted by Crippen LogP contribution is -2.04. The number of nitrogens with zero attached hydrogens (tertiary/aromatic N) is 2. The SMILES string of the molecule is CCOC(=O)c1nc(-c2cc(F)ccc2Cl)no1. The zero-order valence-corrected chi connectivity index (χ0v) is 10.1. The Morgan fingerprint density at radius 2 is 2.33 bits per heavy atom. The minimum atomic E-state index is -0.733. The van der Waals surface area contributed by atoms with Crippen LogP contribution in [0.3, 0.4) is 0 Å². The minimum absolute atomic E-state index is 0.0301. The van der Waals surface area contributed by atoms with Crippen LogP contribution in [0.4, 0.5) is 4.39 Å². The highest BCUT2D eigenvalue weighted by Gasteiger charge is 2.18. The Morgan fingerprint density at radius 3 is 3.06 bits per heavy atom. The molecule has 0 unspecified atom stereocenters. The number of esters is 1. The van der Waals surface area contributed by atoms with Crippen LogP contribution in [0.25, 0.3) is 11.4 Å². The third-order valence-electron chi connectivity index (χ3n) is 2.05. The Hall–Kier alpha value is -1.95. The van der Waals surface area contributed by atoms with E-state index in [4.69, 9.17) is 16.1 Å². The topological polar surface area (TPSA) is 65.2 Å². The molecular weight excluding hydrogens is 263 g/mol. The second-order valence-corrected chi connectivity index (χ2v) is 3.67. The van der Waals surface area contributed by atoms with Crippen molar-refractivity contribution in [1.82, 2.24) is 10.1 Å². The molecule has 0 aliphatic carbocycles. The van der Waals surface area contributed by atoms with Gasteiger partial charge in [0.2, 0.25) is 5.82 Å². The molecule has 1 aromatic heterocycles. The molecule has 0 amide bonds. The number of hydrogen-bond acceptors (Lipinski definition) is 5. The zero-order valence-electron chi connectivity index (χ0n) is 9.31. The highest BCUT2D eigenvalue weighted by molar-refractivity contribution is 6.33. The van der Waals surface area contributed by atoms with Crippen molar-refractivity contribution in [2.45, 2.75) is 6.92 Å². The predicted molar refractivity (Wildman–Crippen MR) is 60.7 cm³/mol. The molecule has 0 aliphatic heterocycles. The lowest BCUT2D eigenvalue weighted by atomic mass is 10.2. The summed E-state index contributed by atoms with van der Waals surface area (Å²) in [6.45, 7) is 1.84. The first kappa shape index (κ1) is 12.5. The van der Waals surface area contributed by atoms with Gasteiger partial charge in [-0.3, -0.25) is 0 Å². The molecule has 0 N–H and O–H groups in total. The second-order valence-electron chi connectivity index (χ2n) is 3.27. The van der Waals surface area contributed by atoms with Gasteiger partial charge in [0.25, 0.3) is 0 Å². The van der Waals surface area contributed by atoms with Crippen molar-refractivity contribution < 1.29 is 18.4 Å². The van der Waals surface area contributed by atoms with Gasteiger partial charge in [-0.15, -0.1) is 0 Å². The van der Waals surface area contributed by atoms with Gasteiger partial charge < -0.3 is 9.26 Å². The molecule has 0 radical (unpaired) electrons. The Labute approximate surface area is 107 Å². The maximum atomic E-state index is 13.1. The first-order valence-electron chi connectivity index (χ1n) is 5.08. The summed E-state index contributed by atoms with van der Waals surface area (Å²) in [7, 11) is 0. The molecule has 94 valence electrons. The van der Waals surface area contributed by atoms with Crippen LogP contribution in [0, 0.1) is 5.82 Å². The van der Waals surface area contributed by atoms with E-state index in [1.165, 1.54) is 12.1 Å². The van der Waals surface area contributed by atoms with Crippen LogP contribution < -0.4 is 0 Å². The molecule has 18 heavy (non-hydrogen) atoms. The minimum Gasteiger partial charge on any atom is -0.459 e. The fourth-order valence-corrected chi connectivity index (χ4v) is 1.48. The van der Waals surface area contributed by atoms with E-state index in [0.717, 1.165) is 6.07 Å². The molecule has 0 saturated heterocycles. The van der Waals surface area contributed by atoms with Crippen LogP contribution in [-0.4, -0.2) is 22.7 Å². The second kappa shape index (κ2) is 5.14. The van der Waals surface area contributed by atoms with Crippen LogP contribution in [0.1, 0.15) is 17.6 Å². The summed E-state index contributed by atoms with van der Waals surface area (Å²) in [5.74, 6) is -1.49. The average molecular weight is 271 g/mol. The molecule has 0 atom stereocenters. The summed E-state index contributed by atoms with van der Waals surface area (Å²) in [4.78, 5) is 15.1.